The number of hydrogen-bond acceptors (Lipinski definition) is 1. The molecule has 1 heteroatoms. The zero-order chi connectivity index (χ0) is 10.7. The van der Waals surface area contributed by atoms with Crippen molar-refractivity contribution in [3.63, 3.8) is 0 Å². The van der Waals surface area contributed by atoms with Crippen molar-refractivity contribution in [2.75, 3.05) is 0 Å². The molecule has 1 aromatic rings. The van der Waals surface area contributed by atoms with Crippen LogP contribution in [-0.2, 0) is 0 Å². The van der Waals surface area contributed by atoms with Gasteiger partial charge in [0.05, 0.1) is 0 Å². The molecule has 0 spiro atoms. The smallest absolute Gasteiger partial charge is 0.130 e. The van der Waals surface area contributed by atoms with E-state index >= 15 is 0 Å². The molecule has 1 nitrogen and oxygen atoms in total. The summed E-state index contributed by atoms with van der Waals surface area (Å²) < 4.78 is 5.89. The molecular weight excluding hydrogens is 184 g/mol. The molecule has 0 aliphatic heterocycles. The summed E-state index contributed by atoms with van der Waals surface area (Å²) in [5, 5.41) is 0. The van der Waals surface area contributed by atoms with Crippen molar-refractivity contribution in [2.24, 2.45) is 0 Å². The van der Waals surface area contributed by atoms with E-state index in [4.69, 9.17) is 4.74 Å². The quantitative estimate of drug-likeness (QED) is 0.701. The van der Waals surface area contributed by atoms with Crippen molar-refractivity contribution in [1.29, 1.82) is 0 Å². The topological polar surface area (TPSA) is 9.23 Å². The fourth-order valence-electron chi connectivity index (χ4n) is 1.67. The lowest BCUT2D eigenvalue weighted by atomic mass is 10.1. The van der Waals surface area contributed by atoms with E-state index in [0.717, 1.165) is 24.4 Å². The largest absolute Gasteiger partial charge is 0.457 e. The number of para-hydroxylation sites is 1. The molecule has 2 rings (SSSR count). The van der Waals surface area contributed by atoms with Crippen LogP contribution in [0.25, 0.3) is 0 Å². The second-order valence-corrected chi connectivity index (χ2v) is 3.95. The Morgan fingerprint density at radius 3 is 2.67 bits per heavy atom. The highest BCUT2D eigenvalue weighted by Gasteiger charge is 2.07. The Morgan fingerprint density at radius 1 is 1.13 bits per heavy atom. The molecule has 15 heavy (non-hydrogen) atoms. The lowest BCUT2D eigenvalue weighted by Gasteiger charge is -2.14. The van der Waals surface area contributed by atoms with Gasteiger partial charge in [-0.2, -0.15) is 0 Å². The van der Waals surface area contributed by atoms with Gasteiger partial charge in [0.2, 0.25) is 0 Å². The van der Waals surface area contributed by atoms with E-state index in [1.165, 1.54) is 11.1 Å². The summed E-state index contributed by atoms with van der Waals surface area (Å²) in [6, 6.07) is 8.11. The highest BCUT2D eigenvalue weighted by Crippen LogP contribution is 2.24. The first kappa shape index (κ1) is 10.0. The summed E-state index contributed by atoms with van der Waals surface area (Å²) in [5.41, 5.74) is 2.51. The first-order valence-electron chi connectivity index (χ1n) is 5.37. The van der Waals surface area contributed by atoms with Crippen molar-refractivity contribution < 1.29 is 4.74 Å². The standard InChI is InChI=1S/C14H16O/c1-11-7-3-5-9-13(11)15-14-10-6-4-8-12(14)2/h3,5-7,9-10H,4,8H2,1-2H3. The summed E-state index contributed by atoms with van der Waals surface area (Å²) in [4.78, 5) is 0. The van der Waals surface area contributed by atoms with Gasteiger partial charge < -0.3 is 4.74 Å². The maximum Gasteiger partial charge on any atom is 0.130 e. The fourth-order valence-corrected chi connectivity index (χ4v) is 1.67. The minimum Gasteiger partial charge on any atom is -0.457 e. The zero-order valence-electron chi connectivity index (χ0n) is 9.29. The van der Waals surface area contributed by atoms with Gasteiger partial charge in [-0.1, -0.05) is 24.3 Å². The van der Waals surface area contributed by atoms with Gasteiger partial charge in [-0.25, -0.2) is 0 Å². The number of aryl methyl sites for hydroxylation is 1. The van der Waals surface area contributed by atoms with Crippen LogP contribution >= 0.6 is 0 Å². The van der Waals surface area contributed by atoms with Gasteiger partial charge in [-0.3, -0.25) is 0 Å². The van der Waals surface area contributed by atoms with Gasteiger partial charge in [-0.05, 0) is 50.0 Å². The molecule has 1 aliphatic carbocycles. The Balaban J connectivity index is 2.22. The Hall–Kier alpha value is -1.50. The minimum atomic E-state index is 0.957. The van der Waals surface area contributed by atoms with Gasteiger partial charge in [0, 0.05) is 0 Å². The number of hydrogen-bond donors (Lipinski definition) is 0. The van der Waals surface area contributed by atoms with Gasteiger partial charge in [0.15, 0.2) is 0 Å². The predicted molar refractivity (Wildman–Crippen MR) is 62.9 cm³/mol. The van der Waals surface area contributed by atoms with Crippen LogP contribution in [0.1, 0.15) is 25.3 Å². The molecule has 0 saturated carbocycles. The lowest BCUT2D eigenvalue weighted by Crippen LogP contribution is -2.00. The van der Waals surface area contributed by atoms with Crippen LogP contribution in [0.4, 0.5) is 0 Å². The minimum absolute atomic E-state index is 0.957. The van der Waals surface area contributed by atoms with Crippen LogP contribution in [0.2, 0.25) is 0 Å². The van der Waals surface area contributed by atoms with Crippen molar-refractivity contribution in [2.45, 2.75) is 26.7 Å². The molecule has 0 radical (unpaired) electrons. The van der Waals surface area contributed by atoms with E-state index in [9.17, 15) is 0 Å². The number of allylic oxidation sites excluding steroid dienone is 3. The fraction of sp³-hybridized carbons (Fsp3) is 0.286. The average Bonchev–Trinajstić information content (AvgIpc) is 2.24. The maximum absolute atomic E-state index is 5.89. The number of benzene rings is 1. The average molecular weight is 200 g/mol. The third kappa shape index (κ3) is 2.30. The molecule has 0 N–H and O–H groups in total. The van der Waals surface area contributed by atoms with E-state index in [1.807, 2.05) is 18.2 Å². The molecule has 1 aromatic carbocycles. The number of ether oxygens (including phenoxy) is 1. The van der Waals surface area contributed by atoms with Crippen LogP contribution in [0.5, 0.6) is 5.75 Å². The third-order valence-corrected chi connectivity index (χ3v) is 2.69. The Bertz CT molecular complexity index is 413. The van der Waals surface area contributed by atoms with Crippen LogP contribution in [0, 0.1) is 6.92 Å². The monoisotopic (exact) mass is 200 g/mol. The second-order valence-electron chi connectivity index (χ2n) is 3.95. The van der Waals surface area contributed by atoms with E-state index < -0.39 is 0 Å². The van der Waals surface area contributed by atoms with Crippen LogP contribution in [-0.4, -0.2) is 0 Å². The SMILES string of the molecule is CC1=C(Oc2ccccc2C)C=CCC1. The van der Waals surface area contributed by atoms with E-state index in [1.54, 1.807) is 0 Å². The van der Waals surface area contributed by atoms with E-state index in [0.29, 0.717) is 0 Å². The highest BCUT2D eigenvalue weighted by atomic mass is 16.5. The van der Waals surface area contributed by atoms with Gasteiger partial charge >= 0.3 is 0 Å². The van der Waals surface area contributed by atoms with Gasteiger partial charge in [0.25, 0.3) is 0 Å². The highest BCUT2D eigenvalue weighted by molar-refractivity contribution is 5.36. The molecular formula is C14H16O. The second kappa shape index (κ2) is 4.35. The summed E-state index contributed by atoms with van der Waals surface area (Å²) >= 11 is 0. The first-order chi connectivity index (χ1) is 7.27. The lowest BCUT2D eigenvalue weighted by molar-refractivity contribution is 0.429. The molecule has 0 aromatic heterocycles. The molecule has 0 amide bonds. The van der Waals surface area contributed by atoms with E-state index in [2.05, 4.69) is 32.1 Å². The molecule has 0 bridgehead atoms. The van der Waals surface area contributed by atoms with Crippen LogP contribution in [0.3, 0.4) is 0 Å². The first-order valence-corrected chi connectivity index (χ1v) is 5.37. The van der Waals surface area contributed by atoms with Gasteiger partial charge in [-0.15, -0.1) is 0 Å². The van der Waals surface area contributed by atoms with Gasteiger partial charge in [0.1, 0.15) is 11.5 Å². The van der Waals surface area contributed by atoms with Crippen molar-refractivity contribution in [3.8, 4) is 5.75 Å². The zero-order valence-corrected chi connectivity index (χ0v) is 9.29. The third-order valence-electron chi connectivity index (χ3n) is 2.69. The summed E-state index contributed by atoms with van der Waals surface area (Å²) in [6.07, 6.45) is 6.48. The Kier molecular flexibility index (Phi) is 2.91. The van der Waals surface area contributed by atoms with Crippen LogP contribution < -0.4 is 4.74 Å². The van der Waals surface area contributed by atoms with Crippen molar-refractivity contribution in [1.82, 2.24) is 0 Å². The van der Waals surface area contributed by atoms with Crippen molar-refractivity contribution >= 4 is 0 Å². The summed E-state index contributed by atoms with van der Waals surface area (Å²) in [6.45, 7) is 4.20. The molecule has 0 fully saturated rings. The maximum atomic E-state index is 5.89. The van der Waals surface area contributed by atoms with E-state index in [-0.39, 0.29) is 0 Å². The molecule has 1 aliphatic rings. The predicted octanol–water partition coefficient (Wildman–Crippen LogP) is 4.00. The molecule has 0 atom stereocenters. The molecule has 0 saturated heterocycles. The molecule has 0 unspecified atom stereocenters. The van der Waals surface area contributed by atoms with Crippen LogP contribution in [0.15, 0.2) is 47.7 Å². The number of rotatable bonds is 2. The summed E-state index contributed by atoms with van der Waals surface area (Å²) in [7, 11) is 0. The molecule has 0 heterocycles. The normalized spacial score (nSPS) is 15.6. The summed E-state index contributed by atoms with van der Waals surface area (Å²) in [5.74, 6) is 1.97. The Morgan fingerprint density at radius 2 is 1.93 bits per heavy atom. The Labute approximate surface area is 91.1 Å². The molecule has 78 valence electrons. The van der Waals surface area contributed by atoms with Crippen molar-refractivity contribution in [3.05, 3.63) is 53.3 Å².